The summed E-state index contributed by atoms with van der Waals surface area (Å²) in [7, 11) is 0. The Kier molecular flexibility index (Phi) is 5.38. The van der Waals surface area contributed by atoms with Crippen LogP contribution in [0.1, 0.15) is 38.3 Å². The molecule has 0 spiro atoms. The molecule has 1 fully saturated rings. The van der Waals surface area contributed by atoms with Crippen molar-refractivity contribution in [3.05, 3.63) is 29.6 Å². The first-order chi connectivity index (χ1) is 9.65. The van der Waals surface area contributed by atoms with Gasteiger partial charge in [0, 0.05) is 37.8 Å². The predicted octanol–water partition coefficient (Wildman–Crippen LogP) is 2.91. The largest absolute Gasteiger partial charge is 0.505 e. The number of hydrogen-bond acceptors (Lipinski definition) is 3. The maximum absolute atomic E-state index is 13.7. The Bertz CT molecular complexity index is 432. The van der Waals surface area contributed by atoms with Crippen LogP contribution < -0.4 is 5.32 Å². The third-order valence-electron chi connectivity index (χ3n) is 4.16. The number of phenols is 1. The number of para-hydroxylation sites is 1. The molecular formula is C16H25FN2O. The molecule has 1 saturated heterocycles. The first kappa shape index (κ1) is 15.3. The average molecular weight is 280 g/mol. The van der Waals surface area contributed by atoms with E-state index in [9.17, 15) is 9.50 Å². The van der Waals surface area contributed by atoms with E-state index in [4.69, 9.17) is 0 Å². The van der Waals surface area contributed by atoms with E-state index in [1.807, 2.05) is 6.07 Å². The van der Waals surface area contributed by atoms with E-state index in [0.717, 1.165) is 44.6 Å². The minimum absolute atomic E-state index is 0.0905. The fourth-order valence-electron chi connectivity index (χ4n) is 3.21. The molecule has 1 aliphatic rings. The number of hydrogen-bond donors (Lipinski definition) is 2. The number of phenolic OH excluding ortho intramolecular Hbond substituents is 1. The minimum Gasteiger partial charge on any atom is -0.505 e. The van der Waals surface area contributed by atoms with Crippen LogP contribution in [0.5, 0.6) is 5.75 Å². The summed E-state index contributed by atoms with van der Waals surface area (Å²) in [5.41, 5.74) is 0.729. The lowest BCUT2D eigenvalue weighted by atomic mass is 9.88. The Morgan fingerprint density at radius 3 is 2.70 bits per heavy atom. The van der Waals surface area contributed by atoms with E-state index < -0.39 is 5.82 Å². The molecule has 0 amide bonds. The molecule has 1 unspecified atom stereocenters. The summed E-state index contributed by atoms with van der Waals surface area (Å²) >= 11 is 0. The van der Waals surface area contributed by atoms with Crippen LogP contribution in [0.25, 0.3) is 0 Å². The van der Waals surface area contributed by atoms with Crippen molar-refractivity contribution in [3.63, 3.8) is 0 Å². The van der Waals surface area contributed by atoms with Crippen molar-refractivity contribution in [2.24, 2.45) is 5.92 Å². The molecule has 0 aliphatic carbocycles. The molecule has 1 aromatic rings. The average Bonchev–Trinajstić information content (AvgIpc) is 2.45. The number of nitrogens with one attached hydrogen (secondary N) is 1. The molecule has 0 saturated carbocycles. The number of halogens is 1. The van der Waals surface area contributed by atoms with Gasteiger partial charge in [-0.25, -0.2) is 4.39 Å². The second-order valence-corrected chi connectivity index (χ2v) is 5.67. The van der Waals surface area contributed by atoms with Crippen molar-refractivity contribution in [1.82, 2.24) is 10.2 Å². The summed E-state index contributed by atoms with van der Waals surface area (Å²) in [6, 6.07) is 4.96. The van der Waals surface area contributed by atoms with Gasteiger partial charge in [0.2, 0.25) is 0 Å². The first-order valence-corrected chi connectivity index (χ1v) is 7.57. The SMILES string of the molecule is CCCC(C)[C@@H](c1cccc(F)c1O)N1CCNCC1. The lowest BCUT2D eigenvalue weighted by Crippen LogP contribution is -2.46. The van der Waals surface area contributed by atoms with Gasteiger partial charge < -0.3 is 10.4 Å². The lowest BCUT2D eigenvalue weighted by molar-refractivity contribution is 0.123. The Morgan fingerprint density at radius 2 is 2.05 bits per heavy atom. The third-order valence-corrected chi connectivity index (χ3v) is 4.16. The van der Waals surface area contributed by atoms with E-state index in [2.05, 4.69) is 24.1 Å². The number of benzene rings is 1. The van der Waals surface area contributed by atoms with Crippen molar-refractivity contribution in [2.75, 3.05) is 26.2 Å². The molecule has 0 radical (unpaired) electrons. The molecule has 4 heteroatoms. The van der Waals surface area contributed by atoms with Gasteiger partial charge in [0.05, 0.1) is 0 Å². The van der Waals surface area contributed by atoms with E-state index >= 15 is 0 Å². The van der Waals surface area contributed by atoms with Crippen LogP contribution in [-0.2, 0) is 0 Å². The molecule has 2 rings (SSSR count). The molecular weight excluding hydrogens is 255 g/mol. The van der Waals surface area contributed by atoms with Crippen LogP contribution >= 0.6 is 0 Å². The lowest BCUT2D eigenvalue weighted by Gasteiger charge is -2.39. The molecule has 3 nitrogen and oxygen atoms in total. The highest BCUT2D eigenvalue weighted by Crippen LogP contribution is 2.37. The summed E-state index contributed by atoms with van der Waals surface area (Å²) in [4.78, 5) is 2.37. The highest BCUT2D eigenvalue weighted by molar-refractivity contribution is 5.36. The van der Waals surface area contributed by atoms with Gasteiger partial charge in [-0.15, -0.1) is 0 Å². The molecule has 2 N–H and O–H groups in total. The minimum atomic E-state index is -0.522. The zero-order chi connectivity index (χ0) is 14.5. The Morgan fingerprint density at radius 1 is 1.35 bits per heavy atom. The van der Waals surface area contributed by atoms with E-state index in [0.29, 0.717) is 5.92 Å². The van der Waals surface area contributed by atoms with Crippen LogP contribution in [-0.4, -0.2) is 36.2 Å². The van der Waals surface area contributed by atoms with Crippen molar-refractivity contribution >= 4 is 0 Å². The summed E-state index contributed by atoms with van der Waals surface area (Å²) in [6.45, 7) is 8.14. The van der Waals surface area contributed by atoms with E-state index in [-0.39, 0.29) is 11.8 Å². The van der Waals surface area contributed by atoms with Gasteiger partial charge in [-0.1, -0.05) is 32.4 Å². The fraction of sp³-hybridized carbons (Fsp3) is 0.625. The van der Waals surface area contributed by atoms with Crippen molar-refractivity contribution < 1.29 is 9.50 Å². The monoisotopic (exact) mass is 280 g/mol. The molecule has 112 valence electrons. The topological polar surface area (TPSA) is 35.5 Å². The van der Waals surface area contributed by atoms with Crippen LogP contribution in [0.3, 0.4) is 0 Å². The van der Waals surface area contributed by atoms with Gasteiger partial charge in [-0.3, -0.25) is 4.90 Å². The summed E-state index contributed by atoms with van der Waals surface area (Å²) in [5, 5.41) is 13.4. The smallest absolute Gasteiger partial charge is 0.165 e. The van der Waals surface area contributed by atoms with Gasteiger partial charge >= 0.3 is 0 Å². The number of nitrogens with zero attached hydrogens (tertiary/aromatic N) is 1. The molecule has 2 atom stereocenters. The van der Waals surface area contributed by atoms with Gasteiger partial charge in [0.15, 0.2) is 11.6 Å². The maximum Gasteiger partial charge on any atom is 0.165 e. The second-order valence-electron chi connectivity index (χ2n) is 5.67. The normalized spacial score (nSPS) is 19.8. The van der Waals surface area contributed by atoms with Gasteiger partial charge in [-0.05, 0) is 18.4 Å². The Balaban J connectivity index is 2.31. The summed E-state index contributed by atoms with van der Waals surface area (Å²) in [5.74, 6) is -0.309. The van der Waals surface area contributed by atoms with Crippen LogP contribution in [0.2, 0.25) is 0 Å². The van der Waals surface area contributed by atoms with E-state index in [1.54, 1.807) is 6.07 Å². The van der Waals surface area contributed by atoms with Crippen LogP contribution in [0, 0.1) is 11.7 Å². The Labute approximate surface area is 120 Å². The second kappa shape index (κ2) is 7.04. The zero-order valence-electron chi connectivity index (χ0n) is 12.4. The van der Waals surface area contributed by atoms with Gasteiger partial charge in [-0.2, -0.15) is 0 Å². The standard InChI is InChI=1S/C16H25FN2O/c1-3-5-12(2)15(19-10-8-18-9-11-19)13-6-4-7-14(17)16(13)20/h4,6-7,12,15,18,20H,3,5,8-11H2,1-2H3/t12?,15-/m0/s1. The molecule has 1 aromatic carbocycles. The summed E-state index contributed by atoms with van der Waals surface area (Å²) < 4.78 is 13.7. The highest BCUT2D eigenvalue weighted by Gasteiger charge is 2.29. The van der Waals surface area contributed by atoms with Gasteiger partial charge in [0.25, 0.3) is 0 Å². The zero-order valence-corrected chi connectivity index (χ0v) is 12.4. The van der Waals surface area contributed by atoms with Crippen molar-refractivity contribution in [3.8, 4) is 5.75 Å². The fourth-order valence-corrected chi connectivity index (χ4v) is 3.21. The first-order valence-electron chi connectivity index (χ1n) is 7.57. The Hall–Kier alpha value is -1.13. The van der Waals surface area contributed by atoms with Crippen LogP contribution in [0.15, 0.2) is 18.2 Å². The van der Waals surface area contributed by atoms with Crippen molar-refractivity contribution in [2.45, 2.75) is 32.7 Å². The van der Waals surface area contributed by atoms with Crippen molar-refractivity contribution in [1.29, 1.82) is 0 Å². The van der Waals surface area contributed by atoms with Gasteiger partial charge in [0.1, 0.15) is 0 Å². The molecule has 20 heavy (non-hydrogen) atoms. The number of aromatic hydroxyl groups is 1. The third kappa shape index (κ3) is 3.30. The molecule has 1 heterocycles. The summed E-state index contributed by atoms with van der Waals surface area (Å²) in [6.07, 6.45) is 2.17. The van der Waals surface area contributed by atoms with E-state index in [1.165, 1.54) is 6.07 Å². The number of rotatable bonds is 5. The predicted molar refractivity (Wildman–Crippen MR) is 79.3 cm³/mol. The maximum atomic E-state index is 13.7. The quantitative estimate of drug-likeness (QED) is 0.870. The molecule has 0 bridgehead atoms. The highest BCUT2D eigenvalue weighted by atomic mass is 19.1. The van der Waals surface area contributed by atoms with Crippen LogP contribution in [0.4, 0.5) is 4.39 Å². The number of piperazine rings is 1. The molecule has 0 aromatic heterocycles. The molecule has 1 aliphatic heterocycles.